The predicted octanol–water partition coefficient (Wildman–Crippen LogP) is 5.19. The average molecular weight is 384 g/mol. The molecule has 0 unspecified atom stereocenters. The van der Waals surface area contributed by atoms with Crippen LogP contribution in [-0.2, 0) is 22.4 Å². The molecule has 1 aromatic heterocycles. The van der Waals surface area contributed by atoms with Gasteiger partial charge in [-0.2, -0.15) is 0 Å². The lowest BCUT2D eigenvalue weighted by Crippen LogP contribution is -2.13. The van der Waals surface area contributed by atoms with E-state index in [1.807, 2.05) is 12.1 Å². The number of methoxy groups -OCH3 is 1. The number of carbonyl (C=O) groups excluding carboxylic acids is 2. The van der Waals surface area contributed by atoms with Gasteiger partial charge in [0.2, 0.25) is 5.91 Å². The Hall–Kier alpha value is -2.40. The van der Waals surface area contributed by atoms with Gasteiger partial charge in [-0.1, -0.05) is 38.1 Å². The summed E-state index contributed by atoms with van der Waals surface area (Å²) in [6.07, 6.45) is 7.29. The Balaban J connectivity index is 1.75. The second kappa shape index (κ2) is 8.53. The lowest BCUT2D eigenvalue weighted by molar-refractivity contribution is -0.111. The molecule has 0 atom stereocenters. The Kier molecular flexibility index (Phi) is 6.11. The van der Waals surface area contributed by atoms with Gasteiger partial charge in [0.15, 0.2) is 0 Å². The second-order valence-electron chi connectivity index (χ2n) is 7.05. The lowest BCUT2D eigenvalue weighted by Gasteiger charge is -2.11. The van der Waals surface area contributed by atoms with E-state index in [4.69, 9.17) is 4.74 Å². The monoisotopic (exact) mass is 383 g/mol. The molecule has 27 heavy (non-hydrogen) atoms. The van der Waals surface area contributed by atoms with Gasteiger partial charge in [-0.3, -0.25) is 4.79 Å². The smallest absolute Gasteiger partial charge is 0.341 e. The van der Waals surface area contributed by atoms with Crippen LogP contribution in [0.4, 0.5) is 5.00 Å². The third-order valence-corrected chi connectivity index (χ3v) is 6.04. The molecule has 0 fully saturated rings. The van der Waals surface area contributed by atoms with Crippen molar-refractivity contribution < 1.29 is 14.3 Å². The second-order valence-corrected chi connectivity index (χ2v) is 8.16. The molecule has 142 valence electrons. The molecule has 1 aliphatic rings. The van der Waals surface area contributed by atoms with Gasteiger partial charge >= 0.3 is 5.97 Å². The van der Waals surface area contributed by atoms with Gasteiger partial charge < -0.3 is 10.1 Å². The van der Waals surface area contributed by atoms with Gasteiger partial charge in [0.1, 0.15) is 5.00 Å². The fourth-order valence-corrected chi connectivity index (χ4v) is 4.57. The minimum Gasteiger partial charge on any atom is -0.465 e. The van der Waals surface area contributed by atoms with Crippen molar-refractivity contribution in [1.82, 2.24) is 0 Å². The van der Waals surface area contributed by atoms with E-state index in [2.05, 4.69) is 31.3 Å². The topological polar surface area (TPSA) is 55.4 Å². The van der Waals surface area contributed by atoms with Crippen molar-refractivity contribution in [3.63, 3.8) is 0 Å². The predicted molar refractivity (Wildman–Crippen MR) is 110 cm³/mol. The highest BCUT2D eigenvalue weighted by molar-refractivity contribution is 7.17. The Morgan fingerprint density at radius 3 is 2.52 bits per heavy atom. The van der Waals surface area contributed by atoms with Crippen LogP contribution in [0.25, 0.3) is 6.08 Å². The molecule has 1 amide bonds. The van der Waals surface area contributed by atoms with Crippen LogP contribution in [0.2, 0.25) is 0 Å². The largest absolute Gasteiger partial charge is 0.465 e. The van der Waals surface area contributed by atoms with E-state index in [-0.39, 0.29) is 11.9 Å². The van der Waals surface area contributed by atoms with Crippen molar-refractivity contribution in [2.75, 3.05) is 12.4 Å². The van der Waals surface area contributed by atoms with Gasteiger partial charge in [-0.05, 0) is 54.4 Å². The number of aryl methyl sites for hydroxylation is 1. The van der Waals surface area contributed by atoms with Crippen molar-refractivity contribution >= 4 is 34.3 Å². The van der Waals surface area contributed by atoms with Gasteiger partial charge in [-0.15, -0.1) is 11.3 Å². The van der Waals surface area contributed by atoms with Crippen LogP contribution >= 0.6 is 11.3 Å². The molecule has 0 aliphatic heterocycles. The highest BCUT2D eigenvalue weighted by atomic mass is 32.1. The summed E-state index contributed by atoms with van der Waals surface area (Å²) >= 11 is 1.49. The molecular formula is C22H25NO3S. The van der Waals surface area contributed by atoms with Gasteiger partial charge in [0, 0.05) is 11.0 Å². The minimum absolute atomic E-state index is 0.244. The average Bonchev–Trinajstić information content (AvgIpc) is 3.03. The number of ether oxygens (including phenoxy) is 1. The van der Waals surface area contributed by atoms with Gasteiger partial charge in [0.25, 0.3) is 0 Å². The zero-order valence-electron chi connectivity index (χ0n) is 16.0. The van der Waals surface area contributed by atoms with E-state index >= 15 is 0 Å². The van der Waals surface area contributed by atoms with Crippen molar-refractivity contribution in [3.05, 3.63) is 57.5 Å². The van der Waals surface area contributed by atoms with E-state index < -0.39 is 0 Å². The van der Waals surface area contributed by atoms with E-state index in [1.54, 1.807) is 6.08 Å². The van der Waals surface area contributed by atoms with Gasteiger partial charge in [-0.25, -0.2) is 4.79 Å². The first-order chi connectivity index (χ1) is 13.0. The molecular weight excluding hydrogens is 358 g/mol. The number of amides is 1. The highest BCUT2D eigenvalue weighted by Gasteiger charge is 2.26. The molecule has 0 bridgehead atoms. The maximum atomic E-state index is 12.4. The maximum Gasteiger partial charge on any atom is 0.341 e. The molecule has 3 rings (SSSR count). The number of rotatable bonds is 5. The summed E-state index contributed by atoms with van der Waals surface area (Å²) in [4.78, 5) is 25.8. The summed E-state index contributed by atoms with van der Waals surface area (Å²) in [7, 11) is 1.38. The molecule has 0 radical (unpaired) electrons. The molecule has 0 saturated heterocycles. The standard InChI is InChI=1S/C22H25NO3S/c1-14(2)16-11-8-15(9-12-16)10-13-19(24)23-21-20(22(25)26-3)17-6-4-5-7-18(17)27-21/h8-14H,4-7H2,1-3H3,(H,23,24)/b13-10-. The minimum atomic E-state index is -0.377. The Morgan fingerprint density at radius 1 is 1.15 bits per heavy atom. The summed E-state index contributed by atoms with van der Waals surface area (Å²) < 4.78 is 4.94. The number of benzene rings is 1. The van der Waals surface area contributed by atoms with Crippen molar-refractivity contribution in [2.45, 2.75) is 45.4 Å². The SMILES string of the molecule is COC(=O)c1c(NC(=O)/C=C\c2ccc(C(C)C)cc2)sc2c1CCCC2. The summed E-state index contributed by atoms with van der Waals surface area (Å²) in [5, 5.41) is 3.47. The third kappa shape index (κ3) is 4.48. The van der Waals surface area contributed by atoms with Crippen LogP contribution in [0.5, 0.6) is 0 Å². The molecule has 2 aromatic rings. The summed E-state index contributed by atoms with van der Waals surface area (Å²) in [6, 6.07) is 8.15. The van der Waals surface area contributed by atoms with E-state index in [1.165, 1.54) is 35.0 Å². The number of hydrogen-bond acceptors (Lipinski definition) is 4. The quantitative estimate of drug-likeness (QED) is 0.571. The molecule has 1 aromatic carbocycles. The summed E-state index contributed by atoms with van der Waals surface area (Å²) in [5.74, 6) is -0.141. The third-order valence-electron chi connectivity index (χ3n) is 4.83. The fraction of sp³-hybridized carbons (Fsp3) is 0.364. The summed E-state index contributed by atoms with van der Waals surface area (Å²) in [6.45, 7) is 4.30. The van der Waals surface area contributed by atoms with Crippen LogP contribution < -0.4 is 5.32 Å². The maximum absolute atomic E-state index is 12.4. The molecule has 0 spiro atoms. The Bertz CT molecular complexity index is 862. The molecule has 1 N–H and O–H groups in total. The van der Waals surface area contributed by atoms with Crippen molar-refractivity contribution in [3.8, 4) is 0 Å². The van der Waals surface area contributed by atoms with Crippen LogP contribution in [0.3, 0.4) is 0 Å². The van der Waals surface area contributed by atoms with E-state index in [0.717, 1.165) is 36.8 Å². The Labute approximate surface area is 164 Å². The number of thiophene rings is 1. The fourth-order valence-electron chi connectivity index (χ4n) is 3.29. The first kappa shape index (κ1) is 19.4. The van der Waals surface area contributed by atoms with E-state index in [0.29, 0.717) is 16.5 Å². The number of esters is 1. The molecule has 1 aliphatic carbocycles. The van der Waals surface area contributed by atoms with E-state index in [9.17, 15) is 9.59 Å². The van der Waals surface area contributed by atoms with Gasteiger partial charge in [0.05, 0.1) is 12.7 Å². The number of anilines is 1. The highest BCUT2D eigenvalue weighted by Crippen LogP contribution is 2.38. The molecule has 5 heteroatoms. The lowest BCUT2D eigenvalue weighted by atomic mass is 9.95. The normalized spacial score (nSPS) is 13.6. The van der Waals surface area contributed by atoms with Crippen LogP contribution in [0.15, 0.2) is 30.3 Å². The zero-order valence-corrected chi connectivity index (χ0v) is 16.8. The molecule has 4 nitrogen and oxygen atoms in total. The molecule has 0 saturated carbocycles. The van der Waals surface area contributed by atoms with Crippen LogP contribution in [0.1, 0.15) is 64.5 Å². The van der Waals surface area contributed by atoms with Crippen molar-refractivity contribution in [1.29, 1.82) is 0 Å². The number of fused-ring (bicyclic) bond motifs is 1. The first-order valence-corrected chi connectivity index (χ1v) is 10.1. The number of hydrogen-bond donors (Lipinski definition) is 1. The first-order valence-electron chi connectivity index (χ1n) is 9.31. The van der Waals surface area contributed by atoms with Crippen molar-refractivity contribution in [2.24, 2.45) is 0 Å². The Morgan fingerprint density at radius 2 is 1.85 bits per heavy atom. The molecule has 1 heterocycles. The number of nitrogens with one attached hydrogen (secondary N) is 1. The van der Waals surface area contributed by atoms with Crippen LogP contribution in [-0.4, -0.2) is 19.0 Å². The zero-order chi connectivity index (χ0) is 19.4. The van der Waals surface area contributed by atoms with Crippen LogP contribution in [0, 0.1) is 0 Å². The summed E-state index contributed by atoms with van der Waals surface area (Å²) in [5.41, 5.74) is 3.80. The number of carbonyl (C=O) groups is 2.